The molecule has 0 saturated heterocycles. The van der Waals surface area contributed by atoms with Crippen molar-refractivity contribution in [1.82, 2.24) is 5.32 Å². The van der Waals surface area contributed by atoms with E-state index < -0.39 is 0 Å². The van der Waals surface area contributed by atoms with Gasteiger partial charge in [0.15, 0.2) is 0 Å². The molecule has 0 aliphatic heterocycles. The zero-order chi connectivity index (χ0) is 12.2. The molecule has 0 aromatic heterocycles. The summed E-state index contributed by atoms with van der Waals surface area (Å²) in [5.41, 5.74) is 0.476. The highest BCUT2D eigenvalue weighted by atomic mass is 19.1. The average molecular weight is 223 g/mol. The SMILES string of the molecule is CC(C)(C)CC(=O)NCc1ccccc1F. The van der Waals surface area contributed by atoms with E-state index >= 15 is 0 Å². The van der Waals surface area contributed by atoms with Gasteiger partial charge in [-0.2, -0.15) is 0 Å². The second kappa shape index (κ2) is 5.10. The molecule has 0 spiro atoms. The third-order valence-electron chi connectivity index (χ3n) is 2.12. The predicted octanol–water partition coefficient (Wildman–Crippen LogP) is 2.88. The molecule has 1 amide bonds. The number of hydrogen-bond acceptors (Lipinski definition) is 1. The quantitative estimate of drug-likeness (QED) is 0.838. The first kappa shape index (κ1) is 12.7. The second-order valence-electron chi connectivity index (χ2n) is 5.11. The fourth-order valence-electron chi connectivity index (χ4n) is 1.38. The largest absolute Gasteiger partial charge is 0.352 e. The van der Waals surface area contributed by atoms with Gasteiger partial charge in [0, 0.05) is 18.5 Å². The smallest absolute Gasteiger partial charge is 0.220 e. The summed E-state index contributed by atoms with van der Waals surface area (Å²) in [5.74, 6) is -0.325. The second-order valence-corrected chi connectivity index (χ2v) is 5.11. The van der Waals surface area contributed by atoms with Crippen LogP contribution in [0.2, 0.25) is 0 Å². The molecule has 0 radical (unpaired) electrons. The van der Waals surface area contributed by atoms with E-state index in [-0.39, 0.29) is 23.7 Å². The minimum absolute atomic E-state index is 0.0423. The van der Waals surface area contributed by atoms with Crippen LogP contribution in [0, 0.1) is 11.2 Å². The van der Waals surface area contributed by atoms with Crippen LogP contribution in [-0.4, -0.2) is 5.91 Å². The van der Waals surface area contributed by atoms with E-state index in [0.29, 0.717) is 12.0 Å². The van der Waals surface area contributed by atoms with E-state index in [0.717, 1.165) is 0 Å². The van der Waals surface area contributed by atoms with E-state index in [1.54, 1.807) is 18.2 Å². The topological polar surface area (TPSA) is 29.1 Å². The highest BCUT2D eigenvalue weighted by Crippen LogP contribution is 2.18. The average Bonchev–Trinajstić information content (AvgIpc) is 2.14. The van der Waals surface area contributed by atoms with E-state index in [2.05, 4.69) is 5.32 Å². The van der Waals surface area contributed by atoms with Gasteiger partial charge in [-0.25, -0.2) is 4.39 Å². The minimum Gasteiger partial charge on any atom is -0.352 e. The van der Waals surface area contributed by atoms with E-state index in [1.165, 1.54) is 6.07 Å². The first-order chi connectivity index (χ1) is 7.38. The van der Waals surface area contributed by atoms with Crippen LogP contribution >= 0.6 is 0 Å². The Labute approximate surface area is 95.9 Å². The lowest BCUT2D eigenvalue weighted by molar-refractivity contribution is -0.122. The fourth-order valence-corrected chi connectivity index (χ4v) is 1.38. The van der Waals surface area contributed by atoms with Gasteiger partial charge in [-0.3, -0.25) is 4.79 Å². The minimum atomic E-state index is -0.279. The maximum atomic E-state index is 13.2. The summed E-state index contributed by atoms with van der Waals surface area (Å²) in [6.45, 7) is 6.24. The van der Waals surface area contributed by atoms with Crippen LogP contribution in [0.15, 0.2) is 24.3 Å². The zero-order valence-electron chi connectivity index (χ0n) is 10.0. The fraction of sp³-hybridized carbons (Fsp3) is 0.462. The summed E-state index contributed by atoms with van der Waals surface area (Å²) in [4.78, 5) is 11.5. The summed E-state index contributed by atoms with van der Waals surface area (Å²) < 4.78 is 13.2. The number of carbonyl (C=O) groups is 1. The van der Waals surface area contributed by atoms with Gasteiger partial charge < -0.3 is 5.32 Å². The van der Waals surface area contributed by atoms with Crippen LogP contribution in [-0.2, 0) is 11.3 Å². The number of amides is 1. The molecule has 3 heteroatoms. The molecule has 1 aromatic rings. The van der Waals surface area contributed by atoms with Crippen LogP contribution in [0.1, 0.15) is 32.8 Å². The first-order valence-electron chi connectivity index (χ1n) is 5.38. The van der Waals surface area contributed by atoms with Crippen molar-refractivity contribution in [3.63, 3.8) is 0 Å². The number of benzene rings is 1. The van der Waals surface area contributed by atoms with Crippen LogP contribution in [0.3, 0.4) is 0 Å². The third-order valence-corrected chi connectivity index (χ3v) is 2.12. The maximum Gasteiger partial charge on any atom is 0.220 e. The lowest BCUT2D eigenvalue weighted by atomic mass is 9.92. The van der Waals surface area contributed by atoms with Gasteiger partial charge in [0.05, 0.1) is 0 Å². The van der Waals surface area contributed by atoms with Crippen molar-refractivity contribution in [2.45, 2.75) is 33.7 Å². The molecule has 0 atom stereocenters. The molecule has 0 bridgehead atoms. The summed E-state index contributed by atoms with van der Waals surface area (Å²) in [7, 11) is 0. The number of carbonyl (C=O) groups excluding carboxylic acids is 1. The Morgan fingerprint density at radius 1 is 1.31 bits per heavy atom. The van der Waals surface area contributed by atoms with E-state index in [1.807, 2.05) is 20.8 Å². The molecular formula is C13H18FNO. The Balaban J connectivity index is 2.47. The molecule has 0 saturated carbocycles. The van der Waals surface area contributed by atoms with Crippen molar-refractivity contribution in [1.29, 1.82) is 0 Å². The number of nitrogens with one attached hydrogen (secondary N) is 1. The van der Waals surface area contributed by atoms with Gasteiger partial charge in [-0.05, 0) is 11.5 Å². The summed E-state index contributed by atoms with van der Waals surface area (Å²) in [6.07, 6.45) is 0.446. The Morgan fingerprint density at radius 3 is 2.50 bits per heavy atom. The number of rotatable bonds is 3. The van der Waals surface area contributed by atoms with Crippen LogP contribution in [0.25, 0.3) is 0 Å². The molecule has 16 heavy (non-hydrogen) atoms. The van der Waals surface area contributed by atoms with E-state index in [4.69, 9.17) is 0 Å². The molecule has 1 N–H and O–H groups in total. The molecule has 0 fully saturated rings. The molecule has 2 nitrogen and oxygen atoms in total. The number of halogens is 1. The molecule has 1 aromatic carbocycles. The standard InChI is InChI=1S/C13H18FNO/c1-13(2,3)8-12(16)15-9-10-6-4-5-7-11(10)14/h4-7H,8-9H2,1-3H3,(H,15,16). The van der Waals surface area contributed by atoms with E-state index in [9.17, 15) is 9.18 Å². The van der Waals surface area contributed by atoms with Crippen LogP contribution < -0.4 is 5.32 Å². The molecule has 0 aliphatic rings. The molecule has 1 rings (SSSR count). The van der Waals surface area contributed by atoms with Gasteiger partial charge in [0.25, 0.3) is 0 Å². The Kier molecular flexibility index (Phi) is 4.05. The van der Waals surface area contributed by atoms with Gasteiger partial charge in [-0.15, -0.1) is 0 Å². The predicted molar refractivity (Wildman–Crippen MR) is 62.3 cm³/mol. The third kappa shape index (κ3) is 4.43. The normalized spacial score (nSPS) is 11.2. The highest BCUT2D eigenvalue weighted by Gasteiger charge is 2.15. The Bertz CT molecular complexity index is 368. The summed E-state index contributed by atoms with van der Waals surface area (Å²) in [5, 5.41) is 2.72. The van der Waals surface area contributed by atoms with Crippen molar-refractivity contribution in [2.24, 2.45) is 5.41 Å². The molecule has 88 valence electrons. The maximum absolute atomic E-state index is 13.2. The van der Waals surface area contributed by atoms with Crippen LogP contribution in [0.5, 0.6) is 0 Å². The van der Waals surface area contributed by atoms with Crippen molar-refractivity contribution in [2.75, 3.05) is 0 Å². The van der Waals surface area contributed by atoms with Gasteiger partial charge in [-0.1, -0.05) is 39.0 Å². The molecular weight excluding hydrogens is 205 g/mol. The lowest BCUT2D eigenvalue weighted by Crippen LogP contribution is -2.27. The van der Waals surface area contributed by atoms with Gasteiger partial charge >= 0.3 is 0 Å². The van der Waals surface area contributed by atoms with Crippen molar-refractivity contribution < 1.29 is 9.18 Å². The monoisotopic (exact) mass is 223 g/mol. The van der Waals surface area contributed by atoms with Crippen molar-refractivity contribution in [3.8, 4) is 0 Å². The Morgan fingerprint density at radius 2 is 1.94 bits per heavy atom. The molecule has 0 heterocycles. The lowest BCUT2D eigenvalue weighted by Gasteiger charge is -2.17. The highest BCUT2D eigenvalue weighted by molar-refractivity contribution is 5.76. The van der Waals surface area contributed by atoms with Gasteiger partial charge in [0.2, 0.25) is 5.91 Å². The zero-order valence-corrected chi connectivity index (χ0v) is 10.0. The van der Waals surface area contributed by atoms with Crippen molar-refractivity contribution >= 4 is 5.91 Å². The first-order valence-corrected chi connectivity index (χ1v) is 5.38. The Hall–Kier alpha value is -1.38. The summed E-state index contributed by atoms with van der Waals surface area (Å²) >= 11 is 0. The number of hydrogen-bond donors (Lipinski definition) is 1. The van der Waals surface area contributed by atoms with Gasteiger partial charge in [0.1, 0.15) is 5.82 Å². The van der Waals surface area contributed by atoms with Crippen molar-refractivity contribution in [3.05, 3.63) is 35.6 Å². The molecule has 0 unspecified atom stereocenters. The molecule has 0 aliphatic carbocycles. The summed E-state index contributed by atoms with van der Waals surface area (Å²) in [6, 6.07) is 6.46. The van der Waals surface area contributed by atoms with Crippen LogP contribution in [0.4, 0.5) is 4.39 Å².